The summed E-state index contributed by atoms with van der Waals surface area (Å²) in [4.78, 5) is 16.8. The highest BCUT2D eigenvalue weighted by Crippen LogP contribution is 2.27. The molecule has 2 heterocycles. The fourth-order valence-electron chi connectivity index (χ4n) is 3.70. The molecule has 2 aromatic heterocycles. The number of amides is 1. The average molecular weight is 390 g/mol. The van der Waals surface area contributed by atoms with E-state index in [0.29, 0.717) is 24.1 Å². The number of pyridine rings is 1. The fraction of sp³-hybridized carbons (Fsp3) is 0.348. The molecule has 0 radical (unpaired) electrons. The molecule has 150 valence electrons. The zero-order valence-corrected chi connectivity index (χ0v) is 16.5. The van der Waals surface area contributed by atoms with Crippen molar-refractivity contribution in [2.75, 3.05) is 11.9 Å². The van der Waals surface area contributed by atoms with E-state index in [0.717, 1.165) is 11.3 Å². The first kappa shape index (κ1) is 19.2. The zero-order chi connectivity index (χ0) is 19.9. The molecular formula is C23H26N4O2. The number of hydrogen-bond acceptors (Lipinski definition) is 4. The van der Waals surface area contributed by atoms with Crippen LogP contribution in [0.4, 0.5) is 5.82 Å². The van der Waals surface area contributed by atoms with E-state index in [-0.39, 0.29) is 12.3 Å². The monoisotopic (exact) mass is 390 g/mol. The van der Waals surface area contributed by atoms with Gasteiger partial charge in [-0.3, -0.25) is 4.79 Å². The maximum atomic E-state index is 12.5. The quantitative estimate of drug-likeness (QED) is 0.649. The molecule has 1 amide bonds. The van der Waals surface area contributed by atoms with Gasteiger partial charge in [-0.05, 0) is 48.6 Å². The third kappa shape index (κ3) is 5.22. The summed E-state index contributed by atoms with van der Waals surface area (Å²) in [5.74, 6) is 1.56. The van der Waals surface area contributed by atoms with E-state index in [1.165, 1.54) is 32.1 Å². The molecule has 0 atom stereocenters. The van der Waals surface area contributed by atoms with Crippen LogP contribution in [0.15, 0.2) is 61.1 Å². The van der Waals surface area contributed by atoms with E-state index in [9.17, 15) is 4.79 Å². The second kappa shape index (κ2) is 9.37. The highest BCUT2D eigenvalue weighted by atomic mass is 16.5. The minimum absolute atomic E-state index is 0.140. The van der Waals surface area contributed by atoms with Gasteiger partial charge in [0.2, 0.25) is 5.91 Å². The molecule has 0 aliphatic heterocycles. The number of benzene rings is 1. The van der Waals surface area contributed by atoms with Crippen molar-refractivity contribution in [2.45, 2.75) is 38.5 Å². The number of ether oxygens (including phenoxy) is 1. The van der Waals surface area contributed by atoms with E-state index < -0.39 is 0 Å². The van der Waals surface area contributed by atoms with E-state index in [1.807, 2.05) is 48.7 Å². The lowest BCUT2D eigenvalue weighted by Gasteiger charge is -2.22. The Balaban J connectivity index is 1.35. The molecule has 0 saturated heterocycles. The number of aromatic nitrogens is 3. The number of hydrogen-bond donors (Lipinski definition) is 1. The Hall–Kier alpha value is -3.15. The molecule has 6 nitrogen and oxygen atoms in total. The predicted molar refractivity (Wildman–Crippen MR) is 112 cm³/mol. The van der Waals surface area contributed by atoms with Gasteiger partial charge in [0, 0.05) is 12.4 Å². The lowest BCUT2D eigenvalue weighted by atomic mass is 9.90. The molecular weight excluding hydrogens is 364 g/mol. The van der Waals surface area contributed by atoms with Crippen molar-refractivity contribution in [2.24, 2.45) is 5.92 Å². The lowest BCUT2D eigenvalue weighted by Crippen LogP contribution is -2.18. The third-order valence-corrected chi connectivity index (χ3v) is 5.25. The molecule has 1 N–H and O–H groups in total. The van der Waals surface area contributed by atoms with Crippen molar-refractivity contribution in [3.05, 3.63) is 66.6 Å². The standard InChI is InChI=1S/C23H26N4O2/c28-22(14-19-15-25-27(16-19)20-10-5-2-6-11-20)26-23-21(12-7-13-24-23)29-17-18-8-3-1-4-9-18/h2,5-7,10-13,15-16,18H,1,3-4,8-9,14,17H2,(H,24,26,28). The lowest BCUT2D eigenvalue weighted by molar-refractivity contribution is -0.115. The summed E-state index contributed by atoms with van der Waals surface area (Å²) in [6.07, 6.45) is 11.8. The van der Waals surface area contributed by atoms with Crippen molar-refractivity contribution < 1.29 is 9.53 Å². The molecule has 1 aliphatic carbocycles. The summed E-state index contributed by atoms with van der Waals surface area (Å²) in [7, 11) is 0. The molecule has 0 spiro atoms. The normalized spacial score (nSPS) is 14.5. The van der Waals surface area contributed by atoms with E-state index in [4.69, 9.17) is 4.74 Å². The van der Waals surface area contributed by atoms with Crippen LogP contribution in [-0.2, 0) is 11.2 Å². The van der Waals surface area contributed by atoms with Crippen LogP contribution in [0.1, 0.15) is 37.7 Å². The summed E-state index contributed by atoms with van der Waals surface area (Å²) < 4.78 is 7.76. The molecule has 0 bridgehead atoms. The highest BCUT2D eigenvalue weighted by Gasteiger charge is 2.16. The van der Waals surface area contributed by atoms with Crippen LogP contribution in [0.5, 0.6) is 5.75 Å². The van der Waals surface area contributed by atoms with Gasteiger partial charge in [0.1, 0.15) is 0 Å². The fourth-order valence-corrected chi connectivity index (χ4v) is 3.70. The van der Waals surface area contributed by atoms with Gasteiger partial charge in [0.25, 0.3) is 0 Å². The van der Waals surface area contributed by atoms with Gasteiger partial charge in [0.05, 0.1) is 24.9 Å². The second-order valence-electron chi connectivity index (χ2n) is 7.52. The van der Waals surface area contributed by atoms with Gasteiger partial charge in [-0.25, -0.2) is 9.67 Å². The van der Waals surface area contributed by atoms with Crippen molar-refractivity contribution >= 4 is 11.7 Å². The van der Waals surface area contributed by atoms with Gasteiger partial charge in [-0.15, -0.1) is 0 Å². The number of nitrogens with zero attached hydrogens (tertiary/aromatic N) is 3. The van der Waals surface area contributed by atoms with Crippen LogP contribution in [0.25, 0.3) is 5.69 Å². The first-order valence-corrected chi connectivity index (χ1v) is 10.2. The van der Waals surface area contributed by atoms with Crippen LogP contribution in [0.2, 0.25) is 0 Å². The Kier molecular flexibility index (Phi) is 6.19. The van der Waals surface area contributed by atoms with Crippen LogP contribution in [0, 0.1) is 5.92 Å². The molecule has 1 aliphatic rings. The Morgan fingerprint density at radius 3 is 2.76 bits per heavy atom. The van der Waals surface area contributed by atoms with Crippen molar-refractivity contribution in [1.29, 1.82) is 0 Å². The van der Waals surface area contributed by atoms with Gasteiger partial charge >= 0.3 is 0 Å². The Morgan fingerprint density at radius 1 is 1.10 bits per heavy atom. The average Bonchev–Trinajstić information content (AvgIpc) is 3.23. The van der Waals surface area contributed by atoms with Crippen molar-refractivity contribution in [3.8, 4) is 11.4 Å². The minimum atomic E-state index is -0.140. The summed E-state index contributed by atoms with van der Waals surface area (Å²) in [5.41, 5.74) is 1.80. The molecule has 6 heteroatoms. The molecule has 29 heavy (non-hydrogen) atoms. The van der Waals surface area contributed by atoms with Gasteiger partial charge < -0.3 is 10.1 Å². The molecule has 3 aromatic rings. The Bertz CT molecular complexity index is 933. The largest absolute Gasteiger partial charge is 0.489 e. The topological polar surface area (TPSA) is 69.0 Å². The molecule has 4 rings (SSSR count). The molecule has 1 aromatic carbocycles. The summed E-state index contributed by atoms with van der Waals surface area (Å²) in [5, 5.41) is 7.23. The summed E-state index contributed by atoms with van der Waals surface area (Å²) in [6, 6.07) is 13.5. The smallest absolute Gasteiger partial charge is 0.230 e. The van der Waals surface area contributed by atoms with Crippen LogP contribution in [-0.4, -0.2) is 27.3 Å². The summed E-state index contributed by atoms with van der Waals surface area (Å²) in [6.45, 7) is 0.679. The number of rotatable bonds is 7. The zero-order valence-electron chi connectivity index (χ0n) is 16.5. The minimum Gasteiger partial charge on any atom is -0.489 e. The first-order valence-electron chi connectivity index (χ1n) is 10.2. The predicted octanol–water partition coefficient (Wildman–Crippen LogP) is 4.41. The number of para-hydroxylation sites is 1. The molecule has 0 unspecified atom stereocenters. The third-order valence-electron chi connectivity index (χ3n) is 5.25. The number of anilines is 1. The van der Waals surface area contributed by atoms with E-state index >= 15 is 0 Å². The molecule has 1 fully saturated rings. The van der Waals surface area contributed by atoms with E-state index in [1.54, 1.807) is 17.1 Å². The van der Waals surface area contributed by atoms with Gasteiger partial charge in [0.15, 0.2) is 11.6 Å². The molecule has 1 saturated carbocycles. The van der Waals surface area contributed by atoms with Crippen molar-refractivity contribution in [3.63, 3.8) is 0 Å². The van der Waals surface area contributed by atoms with Crippen molar-refractivity contribution in [1.82, 2.24) is 14.8 Å². The first-order chi connectivity index (χ1) is 14.3. The Labute approximate surface area is 170 Å². The summed E-state index contributed by atoms with van der Waals surface area (Å²) >= 11 is 0. The van der Waals surface area contributed by atoms with Gasteiger partial charge in [-0.2, -0.15) is 5.10 Å². The SMILES string of the molecule is O=C(Cc1cnn(-c2ccccc2)c1)Nc1ncccc1OCC1CCCCC1. The van der Waals surface area contributed by atoms with Crippen LogP contribution >= 0.6 is 0 Å². The van der Waals surface area contributed by atoms with Crippen LogP contribution in [0.3, 0.4) is 0 Å². The van der Waals surface area contributed by atoms with Gasteiger partial charge in [-0.1, -0.05) is 37.5 Å². The number of carbonyl (C=O) groups excluding carboxylic acids is 1. The maximum Gasteiger partial charge on any atom is 0.230 e. The Morgan fingerprint density at radius 2 is 1.93 bits per heavy atom. The van der Waals surface area contributed by atoms with E-state index in [2.05, 4.69) is 15.4 Å². The number of carbonyl (C=O) groups is 1. The second-order valence-corrected chi connectivity index (χ2v) is 7.52. The maximum absolute atomic E-state index is 12.5. The number of nitrogens with one attached hydrogen (secondary N) is 1. The van der Waals surface area contributed by atoms with Crippen LogP contribution < -0.4 is 10.1 Å². The highest BCUT2D eigenvalue weighted by molar-refractivity contribution is 5.92.